The van der Waals surface area contributed by atoms with Crippen LogP contribution in [0.2, 0.25) is 0 Å². The number of carbonyl (C=O) groups excluding carboxylic acids is 1. The van der Waals surface area contributed by atoms with Crippen molar-refractivity contribution in [2.45, 2.75) is 25.2 Å². The number of hydrogen-bond acceptors (Lipinski definition) is 5. The molecule has 1 saturated heterocycles. The Labute approximate surface area is 180 Å². The van der Waals surface area contributed by atoms with Gasteiger partial charge in [-0.05, 0) is 31.0 Å². The number of halogens is 1. The summed E-state index contributed by atoms with van der Waals surface area (Å²) in [5.41, 5.74) is 1.03. The number of para-hydroxylation sites is 1. The second-order valence-corrected chi connectivity index (χ2v) is 7.58. The molecule has 1 aromatic heterocycles. The number of ether oxygens (including phenoxy) is 2. The lowest BCUT2D eigenvalue weighted by Gasteiger charge is -2.31. The highest BCUT2D eigenvalue weighted by Gasteiger charge is 2.28. The monoisotopic (exact) mass is 424 g/mol. The first-order valence-corrected chi connectivity index (χ1v) is 10.3. The molecule has 1 aliphatic rings. The van der Waals surface area contributed by atoms with E-state index >= 15 is 0 Å². The molecular formula is C24H25FN2O4. The standard InChI is InChI=1S/C24H25FN2O4/c1-29-22-10-3-2-6-17(22)12-21-14-26-24(31-21)18-7-5-11-27(15-18)23(28)16-30-20-9-4-8-19(25)13-20/h2-4,6,8-10,13-14,18H,5,7,11-12,15-16H2,1H3/t18-/m1/s1. The Bertz CT molecular complexity index is 1040. The van der Waals surface area contributed by atoms with Gasteiger partial charge < -0.3 is 18.8 Å². The number of likely N-dealkylation sites (tertiary alicyclic amines) is 1. The van der Waals surface area contributed by atoms with Crippen LogP contribution in [-0.2, 0) is 11.2 Å². The summed E-state index contributed by atoms with van der Waals surface area (Å²) in [6.45, 7) is 1.07. The summed E-state index contributed by atoms with van der Waals surface area (Å²) < 4.78 is 30.1. The fourth-order valence-corrected chi connectivity index (χ4v) is 3.83. The van der Waals surface area contributed by atoms with E-state index in [0.717, 1.165) is 29.9 Å². The fourth-order valence-electron chi connectivity index (χ4n) is 3.83. The smallest absolute Gasteiger partial charge is 0.260 e. The SMILES string of the molecule is COc1ccccc1Cc1cnc([C@@H]2CCCN(C(=O)COc3cccc(F)c3)C2)o1. The van der Waals surface area contributed by atoms with Gasteiger partial charge in [0.2, 0.25) is 0 Å². The molecule has 0 spiro atoms. The molecule has 0 N–H and O–H groups in total. The average Bonchev–Trinajstić information content (AvgIpc) is 3.26. The Kier molecular flexibility index (Phi) is 6.50. The van der Waals surface area contributed by atoms with Crippen LogP contribution < -0.4 is 9.47 Å². The first-order chi connectivity index (χ1) is 15.1. The zero-order valence-electron chi connectivity index (χ0n) is 17.4. The molecule has 1 aliphatic heterocycles. The third-order valence-electron chi connectivity index (χ3n) is 5.41. The molecule has 4 rings (SSSR count). The number of nitrogens with zero attached hydrogens (tertiary/aromatic N) is 2. The summed E-state index contributed by atoms with van der Waals surface area (Å²) in [6.07, 6.45) is 4.10. The summed E-state index contributed by atoms with van der Waals surface area (Å²) in [5, 5.41) is 0. The van der Waals surface area contributed by atoms with Gasteiger partial charge in [0.15, 0.2) is 12.5 Å². The molecule has 0 bridgehead atoms. The number of rotatable bonds is 7. The molecule has 162 valence electrons. The number of piperidine rings is 1. The van der Waals surface area contributed by atoms with E-state index in [-0.39, 0.29) is 18.4 Å². The van der Waals surface area contributed by atoms with Crippen LogP contribution in [0.15, 0.2) is 59.1 Å². The second kappa shape index (κ2) is 9.64. The molecule has 1 atom stereocenters. The Balaban J connectivity index is 1.35. The maximum Gasteiger partial charge on any atom is 0.260 e. The summed E-state index contributed by atoms with van der Waals surface area (Å²) in [7, 11) is 1.65. The predicted octanol–water partition coefficient (Wildman–Crippen LogP) is 4.20. The van der Waals surface area contributed by atoms with Crippen LogP contribution in [0.25, 0.3) is 0 Å². The van der Waals surface area contributed by atoms with E-state index in [1.807, 2.05) is 24.3 Å². The van der Waals surface area contributed by atoms with E-state index in [1.165, 1.54) is 12.1 Å². The summed E-state index contributed by atoms with van der Waals surface area (Å²) >= 11 is 0. The average molecular weight is 424 g/mol. The number of hydrogen-bond donors (Lipinski definition) is 0. The van der Waals surface area contributed by atoms with E-state index in [4.69, 9.17) is 13.9 Å². The zero-order chi connectivity index (χ0) is 21.6. The van der Waals surface area contributed by atoms with Crippen molar-refractivity contribution in [3.8, 4) is 11.5 Å². The van der Waals surface area contributed by atoms with Crippen LogP contribution in [0.3, 0.4) is 0 Å². The van der Waals surface area contributed by atoms with Crippen LogP contribution in [0, 0.1) is 5.82 Å². The molecule has 3 aromatic rings. The van der Waals surface area contributed by atoms with E-state index in [0.29, 0.717) is 31.2 Å². The van der Waals surface area contributed by atoms with Gasteiger partial charge >= 0.3 is 0 Å². The van der Waals surface area contributed by atoms with Crippen molar-refractivity contribution in [2.75, 3.05) is 26.8 Å². The zero-order valence-corrected chi connectivity index (χ0v) is 17.4. The van der Waals surface area contributed by atoms with Gasteiger partial charge in [0.05, 0.1) is 19.2 Å². The minimum absolute atomic E-state index is 0.0401. The van der Waals surface area contributed by atoms with Crippen molar-refractivity contribution in [3.05, 3.63) is 77.8 Å². The Morgan fingerprint density at radius 2 is 2.13 bits per heavy atom. The van der Waals surface area contributed by atoms with Crippen molar-refractivity contribution in [1.29, 1.82) is 0 Å². The lowest BCUT2D eigenvalue weighted by atomic mass is 9.98. The molecule has 7 heteroatoms. The molecular weight excluding hydrogens is 399 g/mol. The van der Waals surface area contributed by atoms with E-state index < -0.39 is 5.82 Å². The maximum absolute atomic E-state index is 13.3. The summed E-state index contributed by atoms with van der Waals surface area (Å²) in [5.74, 6) is 2.08. The number of amides is 1. The highest BCUT2D eigenvalue weighted by Crippen LogP contribution is 2.28. The van der Waals surface area contributed by atoms with Crippen molar-refractivity contribution >= 4 is 5.91 Å². The fraction of sp³-hybridized carbons (Fsp3) is 0.333. The van der Waals surface area contributed by atoms with Crippen LogP contribution in [0.4, 0.5) is 4.39 Å². The Morgan fingerprint density at radius 1 is 1.26 bits per heavy atom. The molecule has 2 heterocycles. The number of aromatic nitrogens is 1. The third kappa shape index (κ3) is 5.23. The summed E-state index contributed by atoms with van der Waals surface area (Å²) in [4.78, 5) is 18.8. The summed E-state index contributed by atoms with van der Waals surface area (Å²) in [6, 6.07) is 13.6. The minimum atomic E-state index is -0.393. The highest BCUT2D eigenvalue weighted by molar-refractivity contribution is 5.78. The molecule has 6 nitrogen and oxygen atoms in total. The van der Waals surface area contributed by atoms with Gasteiger partial charge in [-0.3, -0.25) is 4.79 Å². The molecule has 31 heavy (non-hydrogen) atoms. The van der Waals surface area contributed by atoms with E-state index in [2.05, 4.69) is 4.98 Å². The molecule has 0 saturated carbocycles. The van der Waals surface area contributed by atoms with Gasteiger partial charge in [-0.15, -0.1) is 0 Å². The number of carbonyl (C=O) groups is 1. The van der Waals surface area contributed by atoms with Crippen molar-refractivity contribution in [1.82, 2.24) is 9.88 Å². The van der Waals surface area contributed by atoms with Crippen LogP contribution >= 0.6 is 0 Å². The minimum Gasteiger partial charge on any atom is -0.496 e. The van der Waals surface area contributed by atoms with Gasteiger partial charge in [0, 0.05) is 31.1 Å². The topological polar surface area (TPSA) is 64.8 Å². The molecule has 1 fully saturated rings. The van der Waals surface area contributed by atoms with Crippen molar-refractivity contribution in [3.63, 3.8) is 0 Å². The molecule has 0 unspecified atom stereocenters. The molecule has 0 radical (unpaired) electrons. The molecule has 0 aliphatic carbocycles. The van der Waals surface area contributed by atoms with Gasteiger partial charge in [-0.1, -0.05) is 24.3 Å². The first-order valence-electron chi connectivity index (χ1n) is 10.3. The van der Waals surface area contributed by atoms with Crippen molar-refractivity contribution < 1.29 is 23.1 Å². The van der Waals surface area contributed by atoms with Crippen LogP contribution in [0.5, 0.6) is 11.5 Å². The lowest BCUT2D eigenvalue weighted by Crippen LogP contribution is -2.41. The largest absolute Gasteiger partial charge is 0.496 e. The van der Waals surface area contributed by atoms with Gasteiger partial charge in [0.1, 0.15) is 23.1 Å². The first kappa shape index (κ1) is 20.9. The number of oxazole rings is 1. The van der Waals surface area contributed by atoms with Crippen LogP contribution in [0.1, 0.15) is 36.0 Å². The maximum atomic E-state index is 13.3. The van der Waals surface area contributed by atoms with E-state index in [1.54, 1.807) is 30.3 Å². The van der Waals surface area contributed by atoms with Gasteiger partial charge in [-0.2, -0.15) is 0 Å². The number of methoxy groups -OCH3 is 1. The predicted molar refractivity (Wildman–Crippen MR) is 113 cm³/mol. The van der Waals surface area contributed by atoms with Gasteiger partial charge in [0.25, 0.3) is 5.91 Å². The lowest BCUT2D eigenvalue weighted by molar-refractivity contribution is -0.134. The quantitative estimate of drug-likeness (QED) is 0.569. The van der Waals surface area contributed by atoms with Gasteiger partial charge in [-0.25, -0.2) is 9.37 Å². The van der Waals surface area contributed by atoms with Crippen LogP contribution in [-0.4, -0.2) is 42.6 Å². The molecule has 2 aromatic carbocycles. The second-order valence-electron chi connectivity index (χ2n) is 7.58. The third-order valence-corrected chi connectivity index (χ3v) is 5.41. The highest BCUT2D eigenvalue weighted by atomic mass is 19.1. The molecule has 1 amide bonds. The normalized spacial score (nSPS) is 16.2. The van der Waals surface area contributed by atoms with Crippen molar-refractivity contribution in [2.24, 2.45) is 0 Å². The van der Waals surface area contributed by atoms with E-state index in [9.17, 15) is 9.18 Å². The Hall–Kier alpha value is -3.35. The number of benzene rings is 2. The Morgan fingerprint density at radius 3 is 2.97 bits per heavy atom.